The van der Waals surface area contributed by atoms with Gasteiger partial charge in [0.2, 0.25) is 0 Å². The third-order valence-electron chi connectivity index (χ3n) is 2.38. The first kappa shape index (κ1) is 15.6. The van der Waals surface area contributed by atoms with Crippen molar-refractivity contribution in [3.63, 3.8) is 0 Å². The highest BCUT2D eigenvalue weighted by Gasteiger charge is 2.22. The fourth-order valence-corrected chi connectivity index (χ4v) is 4.59. The lowest BCUT2D eigenvalue weighted by molar-refractivity contribution is 0.601. The number of nitrogens with one attached hydrogen (secondary N) is 1. The molecule has 0 radical (unpaired) electrons. The maximum absolute atomic E-state index is 12.4. The molecule has 1 aromatic carbocycles. The van der Waals surface area contributed by atoms with Crippen LogP contribution in [-0.4, -0.2) is 13.4 Å². The lowest BCUT2D eigenvalue weighted by Gasteiger charge is -2.11. The van der Waals surface area contributed by atoms with Crippen LogP contribution in [0.3, 0.4) is 0 Å². The number of aromatic nitrogens is 1. The van der Waals surface area contributed by atoms with Crippen molar-refractivity contribution in [2.24, 2.45) is 0 Å². The molecule has 0 unspecified atom stereocenters. The van der Waals surface area contributed by atoms with Crippen molar-refractivity contribution in [2.75, 3.05) is 4.72 Å². The van der Waals surface area contributed by atoms with E-state index in [1.54, 1.807) is 19.1 Å². The number of anilines is 1. The summed E-state index contributed by atoms with van der Waals surface area (Å²) in [4.78, 5) is 3.84. The predicted octanol–water partition coefficient (Wildman–Crippen LogP) is 4.26. The fourth-order valence-electron chi connectivity index (χ4n) is 1.60. The van der Waals surface area contributed by atoms with Gasteiger partial charge in [0, 0.05) is 16.4 Å². The molecule has 1 aromatic heterocycles. The van der Waals surface area contributed by atoms with Crippen molar-refractivity contribution in [3.8, 4) is 0 Å². The first-order valence-electron chi connectivity index (χ1n) is 5.39. The molecular formula is C12H9BrCl2N2O2S. The summed E-state index contributed by atoms with van der Waals surface area (Å²) in [7, 11) is -3.87. The zero-order valence-electron chi connectivity index (χ0n) is 10.2. The molecule has 0 aliphatic heterocycles. The van der Waals surface area contributed by atoms with Crippen LogP contribution in [0.5, 0.6) is 0 Å². The highest BCUT2D eigenvalue weighted by molar-refractivity contribution is 9.10. The third-order valence-corrected chi connectivity index (χ3v) is 5.14. The Bertz CT molecular complexity index is 743. The minimum atomic E-state index is -3.87. The van der Waals surface area contributed by atoms with Crippen molar-refractivity contribution in [1.82, 2.24) is 4.98 Å². The van der Waals surface area contributed by atoms with E-state index >= 15 is 0 Å². The van der Waals surface area contributed by atoms with Crippen LogP contribution < -0.4 is 4.72 Å². The Balaban J connectivity index is 2.46. The average Bonchev–Trinajstić information content (AvgIpc) is 2.25. The van der Waals surface area contributed by atoms with Crippen LogP contribution in [0, 0.1) is 6.92 Å². The molecular weight excluding hydrogens is 387 g/mol. The van der Waals surface area contributed by atoms with Gasteiger partial charge in [0.25, 0.3) is 10.0 Å². The van der Waals surface area contributed by atoms with Gasteiger partial charge in [-0.05, 0) is 31.2 Å². The van der Waals surface area contributed by atoms with E-state index in [2.05, 4.69) is 25.6 Å². The summed E-state index contributed by atoms with van der Waals surface area (Å²) in [6.07, 6.45) is 1.51. The normalized spacial score (nSPS) is 11.4. The number of hydrogen-bond donors (Lipinski definition) is 1. The highest BCUT2D eigenvalue weighted by Crippen LogP contribution is 2.33. The third kappa shape index (κ3) is 3.44. The van der Waals surface area contributed by atoms with Crippen LogP contribution in [0.2, 0.25) is 10.0 Å². The van der Waals surface area contributed by atoms with Gasteiger partial charge < -0.3 is 0 Å². The molecule has 0 spiro atoms. The summed E-state index contributed by atoms with van der Waals surface area (Å²) in [5.41, 5.74) is 1.09. The number of rotatable bonds is 3. The lowest BCUT2D eigenvalue weighted by atomic mass is 10.3. The Morgan fingerprint density at radius 3 is 2.35 bits per heavy atom. The zero-order valence-corrected chi connectivity index (χ0v) is 14.1. The molecule has 0 saturated heterocycles. The van der Waals surface area contributed by atoms with E-state index in [1.807, 2.05) is 0 Å². The van der Waals surface area contributed by atoms with Crippen LogP contribution in [0.1, 0.15) is 5.69 Å². The number of nitrogens with zero attached hydrogens (tertiary/aromatic N) is 1. The molecule has 0 bridgehead atoms. The summed E-state index contributed by atoms with van der Waals surface area (Å²) < 4.78 is 27.7. The van der Waals surface area contributed by atoms with Gasteiger partial charge in [0.15, 0.2) is 0 Å². The van der Waals surface area contributed by atoms with E-state index in [4.69, 9.17) is 23.2 Å². The Kier molecular flexibility index (Phi) is 4.59. The van der Waals surface area contributed by atoms with E-state index < -0.39 is 10.0 Å². The molecule has 8 heteroatoms. The van der Waals surface area contributed by atoms with Gasteiger partial charge in [-0.1, -0.05) is 39.1 Å². The minimum absolute atomic E-state index is 0.0441. The first-order valence-corrected chi connectivity index (χ1v) is 8.43. The van der Waals surface area contributed by atoms with Crippen molar-refractivity contribution >= 4 is 54.8 Å². The smallest absolute Gasteiger partial charge is 0.264 e. The molecule has 2 rings (SSSR count). The van der Waals surface area contributed by atoms with Crippen LogP contribution in [-0.2, 0) is 10.0 Å². The molecule has 20 heavy (non-hydrogen) atoms. The molecule has 0 fully saturated rings. The zero-order chi connectivity index (χ0) is 14.9. The van der Waals surface area contributed by atoms with Crippen LogP contribution in [0.15, 0.2) is 39.8 Å². The molecule has 0 saturated carbocycles. The Labute approximate surface area is 135 Å². The van der Waals surface area contributed by atoms with E-state index in [0.717, 1.165) is 0 Å². The van der Waals surface area contributed by atoms with Gasteiger partial charge in [0.05, 0.1) is 15.7 Å². The van der Waals surface area contributed by atoms with Crippen molar-refractivity contribution < 1.29 is 8.42 Å². The highest BCUT2D eigenvalue weighted by atomic mass is 79.9. The van der Waals surface area contributed by atoms with Gasteiger partial charge in [-0.3, -0.25) is 9.71 Å². The number of hydrogen-bond acceptors (Lipinski definition) is 3. The number of pyridine rings is 1. The van der Waals surface area contributed by atoms with Gasteiger partial charge in [-0.15, -0.1) is 0 Å². The second kappa shape index (κ2) is 5.89. The van der Waals surface area contributed by atoms with Gasteiger partial charge in [-0.25, -0.2) is 8.42 Å². The summed E-state index contributed by atoms with van der Waals surface area (Å²) in [6, 6.07) is 6.10. The molecule has 0 atom stereocenters. The molecule has 2 aromatic rings. The lowest BCUT2D eigenvalue weighted by Crippen LogP contribution is -2.14. The largest absolute Gasteiger partial charge is 0.279 e. The van der Waals surface area contributed by atoms with Crippen molar-refractivity contribution in [3.05, 3.63) is 50.7 Å². The molecule has 106 valence electrons. The Morgan fingerprint density at radius 2 is 1.80 bits per heavy atom. The van der Waals surface area contributed by atoms with E-state index in [1.165, 1.54) is 18.3 Å². The van der Waals surface area contributed by atoms with Crippen LogP contribution in [0.25, 0.3) is 0 Å². The van der Waals surface area contributed by atoms with Gasteiger partial charge >= 0.3 is 0 Å². The number of sulfonamides is 1. The molecule has 0 aliphatic carbocycles. The quantitative estimate of drug-likeness (QED) is 0.844. The molecule has 1 heterocycles. The topological polar surface area (TPSA) is 59.1 Å². The van der Waals surface area contributed by atoms with Crippen LogP contribution in [0.4, 0.5) is 5.69 Å². The number of aryl methyl sites for hydroxylation is 1. The van der Waals surface area contributed by atoms with Crippen molar-refractivity contribution in [1.29, 1.82) is 0 Å². The summed E-state index contributed by atoms with van der Waals surface area (Å²) in [5, 5.41) is 0.0882. The average molecular weight is 396 g/mol. The second-order valence-corrected chi connectivity index (χ2v) is 7.34. The van der Waals surface area contributed by atoms with E-state index in [0.29, 0.717) is 15.9 Å². The first-order chi connectivity index (χ1) is 9.29. The Hall–Kier alpha value is -0.820. The maximum Gasteiger partial charge on any atom is 0.264 e. The molecule has 4 nitrogen and oxygen atoms in total. The molecule has 0 amide bonds. The fraction of sp³-hybridized carbons (Fsp3) is 0.0833. The summed E-state index contributed by atoms with van der Waals surface area (Å²) >= 11 is 15.1. The SMILES string of the molecule is Cc1cc(NS(=O)(=O)c2c(Cl)cc(Br)cc2Cl)ccn1. The standard InChI is InChI=1S/C12H9BrCl2N2O2S/c1-7-4-9(2-3-16-7)17-20(18,19)12-10(14)5-8(13)6-11(12)15/h2-6H,1H3,(H,16,17). The van der Waals surface area contributed by atoms with Gasteiger partial charge in [0.1, 0.15) is 4.90 Å². The van der Waals surface area contributed by atoms with Crippen LogP contribution >= 0.6 is 39.1 Å². The van der Waals surface area contributed by atoms with E-state index in [9.17, 15) is 8.42 Å². The molecule has 1 N–H and O–H groups in total. The van der Waals surface area contributed by atoms with Gasteiger partial charge in [-0.2, -0.15) is 0 Å². The monoisotopic (exact) mass is 394 g/mol. The minimum Gasteiger partial charge on any atom is -0.279 e. The molecule has 0 aliphatic rings. The summed E-state index contributed by atoms with van der Waals surface area (Å²) in [6.45, 7) is 1.76. The second-order valence-electron chi connectivity index (χ2n) is 3.99. The van der Waals surface area contributed by atoms with E-state index in [-0.39, 0.29) is 14.9 Å². The Morgan fingerprint density at radius 1 is 1.20 bits per heavy atom. The maximum atomic E-state index is 12.4. The number of benzene rings is 1. The predicted molar refractivity (Wildman–Crippen MR) is 83.9 cm³/mol. The number of halogens is 3. The van der Waals surface area contributed by atoms with Crippen molar-refractivity contribution in [2.45, 2.75) is 11.8 Å². The summed E-state index contributed by atoms with van der Waals surface area (Å²) in [5.74, 6) is 0.